The summed E-state index contributed by atoms with van der Waals surface area (Å²) in [5, 5.41) is 26.6. The van der Waals surface area contributed by atoms with Gasteiger partial charge in [0.15, 0.2) is 5.69 Å². The van der Waals surface area contributed by atoms with Crippen LogP contribution in [0, 0.1) is 21.4 Å². The predicted octanol–water partition coefficient (Wildman–Crippen LogP) is 0.478. The molecule has 0 aromatic carbocycles. The fourth-order valence-corrected chi connectivity index (χ4v) is 2.08. The van der Waals surface area contributed by atoms with Crippen LogP contribution in [0.4, 0.5) is 11.6 Å². The number of rotatable bonds is 4. The van der Waals surface area contributed by atoms with Crippen LogP contribution in [0.2, 0.25) is 0 Å². The highest BCUT2D eigenvalue weighted by atomic mass is 16.6. The molecule has 0 aliphatic carbocycles. The lowest BCUT2D eigenvalue weighted by Gasteiger charge is -2.04. The Balaban J connectivity index is 0.00000338. The number of carbonyl (C=O) groups is 2. The van der Waals surface area contributed by atoms with Crippen molar-refractivity contribution >= 4 is 23.5 Å². The standard InChI is InChI=1S/C13H13N7O5.H3N/c1-4-25-13(22)12(21)16-10-7(5-14)9(17-19(10)3)11-15-6-8(18(11)2)20(23)24;/h6H,4H2,1-3H3,(H,16,21);1H3/p+1. The first-order chi connectivity index (χ1) is 11.8. The number of hydrogen-bond donors (Lipinski definition) is 2. The zero-order chi connectivity index (χ0) is 18.7. The molecule has 0 aliphatic heterocycles. The predicted molar refractivity (Wildman–Crippen MR) is 88.0 cm³/mol. The van der Waals surface area contributed by atoms with Crippen molar-refractivity contribution in [1.82, 2.24) is 25.5 Å². The second-order valence-electron chi connectivity index (χ2n) is 4.74. The normalized spacial score (nSPS) is 9.77. The first kappa shape index (κ1) is 20.3. The number of quaternary nitrogens is 1. The molecule has 0 fully saturated rings. The summed E-state index contributed by atoms with van der Waals surface area (Å²) in [5.41, 5.74) is -0.0662. The summed E-state index contributed by atoms with van der Waals surface area (Å²) in [6, 6.07) is 1.85. The van der Waals surface area contributed by atoms with Gasteiger partial charge in [-0.05, 0) is 11.8 Å². The van der Waals surface area contributed by atoms with Crippen LogP contribution in [-0.2, 0) is 28.4 Å². The van der Waals surface area contributed by atoms with Crippen molar-refractivity contribution in [3.63, 3.8) is 0 Å². The highest BCUT2D eigenvalue weighted by Crippen LogP contribution is 2.28. The quantitative estimate of drug-likeness (QED) is 0.337. The maximum atomic E-state index is 11.8. The lowest BCUT2D eigenvalue weighted by Crippen LogP contribution is -2.26. The molecule has 0 radical (unpaired) electrons. The van der Waals surface area contributed by atoms with Crippen molar-refractivity contribution in [1.29, 1.82) is 5.26 Å². The average molecular weight is 365 g/mol. The van der Waals surface area contributed by atoms with E-state index in [9.17, 15) is 25.0 Å². The molecule has 138 valence electrons. The first-order valence-corrected chi connectivity index (χ1v) is 6.93. The van der Waals surface area contributed by atoms with Gasteiger partial charge in [-0.1, -0.05) is 0 Å². The fraction of sp³-hybridized carbons (Fsp3) is 0.308. The lowest BCUT2D eigenvalue weighted by molar-refractivity contribution is -0.391. The van der Waals surface area contributed by atoms with Crippen LogP contribution < -0.4 is 11.5 Å². The second-order valence-corrected chi connectivity index (χ2v) is 4.74. The molecule has 2 aromatic heterocycles. The molecule has 0 spiro atoms. The third kappa shape index (κ3) is 3.49. The molecule has 5 N–H and O–H groups in total. The topological polar surface area (TPSA) is 194 Å². The number of nitrogens with zero attached hydrogens (tertiary/aromatic N) is 6. The van der Waals surface area contributed by atoms with Crippen LogP contribution in [0.3, 0.4) is 0 Å². The number of aromatic nitrogens is 4. The number of nitrogens with one attached hydrogen (secondary N) is 1. The molecule has 2 aromatic rings. The van der Waals surface area contributed by atoms with E-state index in [0.717, 1.165) is 15.4 Å². The van der Waals surface area contributed by atoms with Gasteiger partial charge in [-0.15, -0.1) is 0 Å². The summed E-state index contributed by atoms with van der Waals surface area (Å²) >= 11 is 0. The van der Waals surface area contributed by atoms with Crippen molar-refractivity contribution in [3.8, 4) is 17.6 Å². The molecular weight excluding hydrogens is 348 g/mol. The monoisotopic (exact) mass is 365 g/mol. The molecule has 2 heterocycles. The van der Waals surface area contributed by atoms with Gasteiger partial charge in [0.1, 0.15) is 23.6 Å². The number of nitro groups is 1. The van der Waals surface area contributed by atoms with E-state index in [1.807, 2.05) is 6.07 Å². The van der Waals surface area contributed by atoms with Crippen molar-refractivity contribution in [2.24, 2.45) is 14.1 Å². The summed E-state index contributed by atoms with van der Waals surface area (Å²) in [4.78, 5) is 37.4. The number of hydrogen-bond acceptors (Lipinski definition) is 8. The maximum absolute atomic E-state index is 11.8. The molecular formula is C13H17N8O5+. The van der Waals surface area contributed by atoms with Crippen molar-refractivity contribution < 1.29 is 19.2 Å². The highest BCUT2D eigenvalue weighted by Gasteiger charge is 2.28. The second kappa shape index (κ2) is 7.85. The third-order valence-corrected chi connectivity index (χ3v) is 3.21. The SMILES string of the molecule is CCOC(=O)C(=O)Nc1c(C#N)c(-c2ncc([N+](=O)[O-])n2C)nn1C.[NH4+]. The summed E-state index contributed by atoms with van der Waals surface area (Å²) in [5.74, 6) is -2.46. The molecule has 0 aliphatic rings. The van der Waals surface area contributed by atoms with Crippen LogP contribution in [0.1, 0.15) is 12.5 Å². The molecule has 13 nitrogen and oxygen atoms in total. The van der Waals surface area contributed by atoms with Gasteiger partial charge in [0.25, 0.3) is 5.82 Å². The van der Waals surface area contributed by atoms with Crippen LogP contribution in [0.5, 0.6) is 0 Å². The Hall–Kier alpha value is -3.79. The van der Waals surface area contributed by atoms with Gasteiger partial charge < -0.3 is 21.0 Å². The minimum absolute atomic E-state index is 0. The molecule has 0 bridgehead atoms. The average Bonchev–Trinajstić information content (AvgIpc) is 3.08. The summed E-state index contributed by atoms with van der Waals surface area (Å²) < 4.78 is 6.89. The van der Waals surface area contributed by atoms with E-state index in [-0.39, 0.29) is 41.5 Å². The molecule has 1 amide bonds. The van der Waals surface area contributed by atoms with Gasteiger partial charge in [0, 0.05) is 7.05 Å². The van der Waals surface area contributed by atoms with Gasteiger partial charge in [-0.2, -0.15) is 10.4 Å². The molecule has 0 unspecified atom stereocenters. The minimum atomic E-state index is -1.11. The van der Waals surface area contributed by atoms with Crippen LogP contribution in [-0.4, -0.2) is 42.7 Å². The zero-order valence-corrected chi connectivity index (χ0v) is 14.5. The highest BCUT2D eigenvalue weighted by molar-refractivity contribution is 6.37. The van der Waals surface area contributed by atoms with Crippen molar-refractivity contribution in [3.05, 3.63) is 21.9 Å². The Labute approximate surface area is 146 Å². The largest absolute Gasteiger partial charge is 0.459 e. The summed E-state index contributed by atoms with van der Waals surface area (Å²) in [7, 11) is 2.83. The zero-order valence-electron chi connectivity index (χ0n) is 14.5. The number of amides is 1. The molecule has 2 rings (SSSR count). The van der Waals surface area contributed by atoms with Gasteiger partial charge in [-0.3, -0.25) is 14.8 Å². The maximum Gasteiger partial charge on any atom is 0.397 e. The number of ether oxygens (including phenoxy) is 1. The molecule has 0 saturated heterocycles. The van der Waals surface area contributed by atoms with E-state index in [4.69, 9.17) is 0 Å². The van der Waals surface area contributed by atoms with Crippen LogP contribution >= 0.6 is 0 Å². The number of esters is 1. The van der Waals surface area contributed by atoms with E-state index in [2.05, 4.69) is 20.1 Å². The van der Waals surface area contributed by atoms with E-state index in [1.54, 1.807) is 6.92 Å². The first-order valence-electron chi connectivity index (χ1n) is 6.93. The summed E-state index contributed by atoms with van der Waals surface area (Å²) in [6.07, 6.45) is 1.03. The van der Waals surface area contributed by atoms with Crippen molar-refractivity contribution in [2.75, 3.05) is 11.9 Å². The fourth-order valence-electron chi connectivity index (χ4n) is 2.08. The Kier molecular flexibility index (Phi) is 6.12. The van der Waals surface area contributed by atoms with Crippen molar-refractivity contribution in [2.45, 2.75) is 6.92 Å². The van der Waals surface area contributed by atoms with Gasteiger partial charge >= 0.3 is 17.7 Å². The molecule has 13 heteroatoms. The summed E-state index contributed by atoms with van der Waals surface area (Å²) in [6.45, 7) is 1.56. The Bertz CT molecular complexity index is 907. The van der Waals surface area contributed by atoms with Gasteiger partial charge in [0.2, 0.25) is 0 Å². The van der Waals surface area contributed by atoms with E-state index in [1.165, 1.54) is 14.1 Å². The minimum Gasteiger partial charge on any atom is -0.459 e. The number of imidazole rings is 1. The van der Waals surface area contributed by atoms with E-state index < -0.39 is 16.8 Å². The third-order valence-electron chi connectivity index (χ3n) is 3.21. The van der Waals surface area contributed by atoms with Gasteiger partial charge in [0.05, 0.1) is 13.7 Å². The number of nitriles is 1. The molecule has 26 heavy (non-hydrogen) atoms. The van der Waals surface area contributed by atoms with Gasteiger partial charge in [-0.25, -0.2) is 14.3 Å². The van der Waals surface area contributed by atoms with E-state index >= 15 is 0 Å². The Morgan fingerprint density at radius 2 is 2.12 bits per heavy atom. The van der Waals surface area contributed by atoms with E-state index in [0.29, 0.717) is 0 Å². The van der Waals surface area contributed by atoms with Crippen LogP contribution in [0.25, 0.3) is 11.5 Å². The molecule has 0 saturated carbocycles. The molecule has 0 atom stereocenters. The number of aryl methyl sites for hydroxylation is 1. The Morgan fingerprint density at radius 1 is 1.46 bits per heavy atom. The smallest absolute Gasteiger partial charge is 0.397 e. The number of carbonyl (C=O) groups excluding carboxylic acids is 2. The Morgan fingerprint density at radius 3 is 2.62 bits per heavy atom. The van der Waals surface area contributed by atoms with Crippen LogP contribution in [0.15, 0.2) is 6.20 Å². The number of anilines is 1. The lowest BCUT2D eigenvalue weighted by atomic mass is 10.2.